The Morgan fingerprint density at radius 3 is 2.79 bits per heavy atom. The molecule has 1 atom stereocenters. The summed E-state index contributed by atoms with van der Waals surface area (Å²) in [6.45, 7) is 0.657. The van der Waals surface area contributed by atoms with E-state index < -0.39 is 11.7 Å². The number of pyridine rings is 1. The zero-order valence-corrected chi connectivity index (χ0v) is 11.9. The first-order valence-electron chi connectivity index (χ1n) is 5.55. The van der Waals surface area contributed by atoms with Crippen molar-refractivity contribution in [1.82, 2.24) is 4.98 Å². The Kier molecular flexibility index (Phi) is 6.02. The van der Waals surface area contributed by atoms with Gasteiger partial charge in [-0.1, -0.05) is 0 Å². The number of hydrogen-bond donors (Lipinski definition) is 2. The van der Waals surface area contributed by atoms with Crippen LogP contribution in [0.2, 0.25) is 0 Å². The van der Waals surface area contributed by atoms with Crippen molar-refractivity contribution in [1.29, 1.82) is 0 Å². The van der Waals surface area contributed by atoms with Gasteiger partial charge in [-0.05, 0) is 28.4 Å². The van der Waals surface area contributed by atoms with Gasteiger partial charge in [0, 0.05) is 30.4 Å². The van der Waals surface area contributed by atoms with Crippen LogP contribution >= 0.6 is 15.9 Å². The molecule has 0 saturated carbocycles. The number of hydrogen-bond acceptors (Lipinski definition) is 4. The minimum Gasteiger partial charge on any atom is -0.383 e. The molecule has 108 valence electrons. The summed E-state index contributed by atoms with van der Waals surface area (Å²) in [7, 11) is 1.52. The molecule has 1 rings (SSSR count). The summed E-state index contributed by atoms with van der Waals surface area (Å²) in [5.74, 6) is -0.194. The van der Waals surface area contributed by atoms with Gasteiger partial charge in [0.05, 0.1) is 12.2 Å². The van der Waals surface area contributed by atoms with Crippen molar-refractivity contribution in [2.24, 2.45) is 5.73 Å². The summed E-state index contributed by atoms with van der Waals surface area (Å²) in [6.07, 6.45) is -2.65. The number of rotatable bonds is 6. The molecule has 0 radical (unpaired) electrons. The smallest absolute Gasteiger partial charge is 0.383 e. The Morgan fingerprint density at radius 1 is 1.53 bits per heavy atom. The number of ether oxygens (including phenoxy) is 1. The third kappa shape index (κ3) is 5.33. The number of nitrogens with two attached hydrogens (primary N) is 1. The molecule has 0 spiro atoms. The first-order chi connectivity index (χ1) is 8.84. The molecule has 0 aliphatic carbocycles. The number of alkyl halides is 3. The highest BCUT2D eigenvalue weighted by Crippen LogP contribution is 2.35. The average molecular weight is 342 g/mol. The van der Waals surface area contributed by atoms with Gasteiger partial charge in [-0.25, -0.2) is 4.98 Å². The first-order valence-corrected chi connectivity index (χ1v) is 6.35. The van der Waals surface area contributed by atoms with E-state index in [1.54, 1.807) is 0 Å². The lowest BCUT2D eigenvalue weighted by Crippen LogP contribution is -2.28. The summed E-state index contributed by atoms with van der Waals surface area (Å²) in [5.41, 5.74) is 4.88. The molecule has 19 heavy (non-hydrogen) atoms. The lowest BCUT2D eigenvalue weighted by atomic mass is 10.2. The van der Waals surface area contributed by atoms with Crippen molar-refractivity contribution in [3.05, 3.63) is 22.3 Å². The number of methoxy groups -OCH3 is 1. The van der Waals surface area contributed by atoms with Crippen LogP contribution in [0.15, 0.2) is 16.7 Å². The van der Waals surface area contributed by atoms with Crippen LogP contribution in [0.5, 0.6) is 0 Å². The molecule has 4 nitrogen and oxygen atoms in total. The van der Waals surface area contributed by atoms with Crippen LogP contribution in [0.1, 0.15) is 12.0 Å². The predicted molar refractivity (Wildman–Crippen MR) is 69.9 cm³/mol. The van der Waals surface area contributed by atoms with E-state index in [2.05, 4.69) is 26.2 Å². The minimum atomic E-state index is -4.45. The molecule has 1 aromatic rings. The molecule has 8 heteroatoms. The van der Waals surface area contributed by atoms with E-state index in [1.807, 2.05) is 0 Å². The highest BCUT2D eigenvalue weighted by molar-refractivity contribution is 9.10. The fourth-order valence-corrected chi connectivity index (χ4v) is 1.80. The van der Waals surface area contributed by atoms with Gasteiger partial charge in [-0.3, -0.25) is 0 Å². The quantitative estimate of drug-likeness (QED) is 0.835. The molecule has 0 amide bonds. The molecule has 0 aliphatic heterocycles. The zero-order valence-electron chi connectivity index (χ0n) is 10.3. The van der Waals surface area contributed by atoms with Crippen LogP contribution in [-0.2, 0) is 10.9 Å². The maximum Gasteiger partial charge on any atom is 0.419 e. The second-order valence-corrected chi connectivity index (χ2v) is 4.89. The maximum atomic E-state index is 12.8. The van der Waals surface area contributed by atoms with Gasteiger partial charge < -0.3 is 15.8 Å². The van der Waals surface area contributed by atoms with Crippen LogP contribution in [0.3, 0.4) is 0 Å². The van der Waals surface area contributed by atoms with E-state index in [-0.39, 0.29) is 16.3 Å². The molecule has 1 unspecified atom stereocenters. The van der Waals surface area contributed by atoms with Crippen molar-refractivity contribution in [2.45, 2.75) is 18.6 Å². The number of aromatic nitrogens is 1. The van der Waals surface area contributed by atoms with Crippen molar-refractivity contribution in [3.8, 4) is 0 Å². The zero-order chi connectivity index (χ0) is 14.5. The van der Waals surface area contributed by atoms with Crippen molar-refractivity contribution >= 4 is 21.7 Å². The summed E-state index contributed by atoms with van der Waals surface area (Å²) in [6, 6.07) is 0.770. The fraction of sp³-hybridized carbons (Fsp3) is 0.545. The third-order valence-electron chi connectivity index (χ3n) is 2.35. The van der Waals surface area contributed by atoms with Crippen molar-refractivity contribution in [2.75, 3.05) is 25.6 Å². The van der Waals surface area contributed by atoms with Crippen molar-refractivity contribution < 1.29 is 17.9 Å². The molecule has 0 aliphatic rings. The number of halogens is 4. The molecule has 0 bridgehead atoms. The van der Waals surface area contributed by atoms with Crippen LogP contribution < -0.4 is 11.1 Å². The standard InChI is InChI=1S/C11H15BrF3N3O/c1-19-6-8(16)2-3-17-10-9(11(13,14)15)4-7(12)5-18-10/h4-5,8H,2-3,6,16H2,1H3,(H,17,18). The second kappa shape index (κ2) is 7.06. The summed E-state index contributed by atoms with van der Waals surface area (Å²) in [4.78, 5) is 3.74. The van der Waals surface area contributed by atoms with Gasteiger partial charge in [0.25, 0.3) is 0 Å². The lowest BCUT2D eigenvalue weighted by molar-refractivity contribution is -0.137. The lowest BCUT2D eigenvalue weighted by Gasteiger charge is -2.15. The van der Waals surface area contributed by atoms with Crippen LogP contribution in [0, 0.1) is 0 Å². The molecule has 0 fully saturated rings. The van der Waals surface area contributed by atoms with Crippen LogP contribution in [-0.4, -0.2) is 31.3 Å². The Balaban J connectivity index is 2.68. The van der Waals surface area contributed by atoms with Gasteiger partial charge in [-0.15, -0.1) is 0 Å². The summed E-state index contributed by atoms with van der Waals surface area (Å²) in [5, 5.41) is 2.65. The van der Waals surface area contributed by atoms with E-state index in [1.165, 1.54) is 13.3 Å². The van der Waals surface area contributed by atoms with E-state index in [0.717, 1.165) is 6.07 Å². The highest BCUT2D eigenvalue weighted by Gasteiger charge is 2.34. The van der Waals surface area contributed by atoms with E-state index in [4.69, 9.17) is 10.5 Å². The Hall–Kier alpha value is -0.860. The second-order valence-electron chi connectivity index (χ2n) is 3.98. The Bertz CT molecular complexity index is 415. The number of anilines is 1. The summed E-state index contributed by atoms with van der Waals surface area (Å²) >= 11 is 2.97. The van der Waals surface area contributed by atoms with Crippen LogP contribution in [0.4, 0.5) is 19.0 Å². The van der Waals surface area contributed by atoms with Gasteiger partial charge in [0.2, 0.25) is 0 Å². The molecular formula is C11H15BrF3N3O. The van der Waals surface area contributed by atoms with Crippen LogP contribution in [0.25, 0.3) is 0 Å². The Morgan fingerprint density at radius 2 is 2.21 bits per heavy atom. The van der Waals surface area contributed by atoms with E-state index >= 15 is 0 Å². The monoisotopic (exact) mass is 341 g/mol. The largest absolute Gasteiger partial charge is 0.419 e. The molecular weight excluding hydrogens is 327 g/mol. The van der Waals surface area contributed by atoms with Gasteiger partial charge in [0.15, 0.2) is 0 Å². The molecule has 1 aromatic heterocycles. The highest BCUT2D eigenvalue weighted by atomic mass is 79.9. The Labute approximate surface area is 117 Å². The fourth-order valence-electron chi connectivity index (χ4n) is 1.47. The van der Waals surface area contributed by atoms with Gasteiger partial charge in [-0.2, -0.15) is 13.2 Å². The topological polar surface area (TPSA) is 60.2 Å². The third-order valence-corrected chi connectivity index (χ3v) is 2.78. The molecule has 3 N–H and O–H groups in total. The molecule has 0 aromatic carbocycles. The SMILES string of the molecule is COCC(N)CCNc1ncc(Br)cc1C(F)(F)F. The minimum absolute atomic E-state index is 0.194. The van der Waals surface area contributed by atoms with Gasteiger partial charge >= 0.3 is 6.18 Å². The predicted octanol–water partition coefficient (Wildman–Crippen LogP) is 2.64. The maximum absolute atomic E-state index is 12.8. The van der Waals surface area contributed by atoms with E-state index in [9.17, 15) is 13.2 Å². The molecule has 0 saturated heterocycles. The first kappa shape index (κ1) is 16.2. The van der Waals surface area contributed by atoms with E-state index in [0.29, 0.717) is 19.6 Å². The average Bonchev–Trinajstić information content (AvgIpc) is 2.30. The molecule has 1 heterocycles. The van der Waals surface area contributed by atoms with Crippen molar-refractivity contribution in [3.63, 3.8) is 0 Å². The van der Waals surface area contributed by atoms with Gasteiger partial charge in [0.1, 0.15) is 5.82 Å². The normalized spacial score (nSPS) is 13.4. The number of nitrogens with one attached hydrogen (secondary N) is 1. The summed E-state index contributed by atoms with van der Waals surface area (Å²) < 4.78 is 43.5. The number of nitrogens with zero attached hydrogens (tertiary/aromatic N) is 1.